The lowest BCUT2D eigenvalue weighted by molar-refractivity contribution is 0.275. The van der Waals surface area contributed by atoms with Gasteiger partial charge < -0.3 is 5.11 Å². The van der Waals surface area contributed by atoms with E-state index in [0.717, 1.165) is 0 Å². The summed E-state index contributed by atoms with van der Waals surface area (Å²) in [7, 11) is -3.75. The summed E-state index contributed by atoms with van der Waals surface area (Å²) in [5.74, 6) is -0.578. The van der Waals surface area contributed by atoms with E-state index in [1.807, 2.05) is 0 Å². The van der Waals surface area contributed by atoms with Gasteiger partial charge in [-0.3, -0.25) is 0 Å². The number of sulfonamides is 1. The smallest absolute Gasteiger partial charge is 0.243 e. The molecule has 1 rings (SSSR count). The summed E-state index contributed by atoms with van der Waals surface area (Å²) in [5.41, 5.74) is 0.170. The number of rotatable bonds is 6. The molecule has 4 nitrogen and oxygen atoms in total. The lowest BCUT2D eigenvalue weighted by Gasteiger charge is -2.25. The van der Waals surface area contributed by atoms with Gasteiger partial charge in [-0.1, -0.05) is 6.08 Å². The Kier molecular flexibility index (Phi) is 5.44. The molecule has 0 saturated heterocycles. The van der Waals surface area contributed by atoms with Crippen LogP contribution in [0.5, 0.6) is 0 Å². The highest BCUT2D eigenvalue weighted by Gasteiger charge is 2.27. The van der Waals surface area contributed by atoms with Crippen molar-refractivity contribution < 1.29 is 17.9 Å². The van der Waals surface area contributed by atoms with Crippen LogP contribution in [0.3, 0.4) is 0 Å². The van der Waals surface area contributed by atoms with E-state index in [-0.39, 0.29) is 28.6 Å². The second-order valence-electron chi connectivity index (χ2n) is 4.83. The summed E-state index contributed by atoms with van der Waals surface area (Å²) < 4.78 is 40.1. The highest BCUT2D eigenvalue weighted by Crippen LogP contribution is 2.23. The minimum absolute atomic E-state index is 0.0176. The molecule has 0 aliphatic carbocycles. The number of hydrogen-bond donors (Lipinski definition) is 1. The van der Waals surface area contributed by atoms with Crippen LogP contribution < -0.4 is 0 Å². The number of halogens is 1. The van der Waals surface area contributed by atoms with Crippen molar-refractivity contribution in [3.05, 3.63) is 41.7 Å². The first-order valence-corrected chi connectivity index (χ1v) is 7.72. The number of nitrogens with zero attached hydrogens (tertiary/aromatic N) is 1. The second kappa shape index (κ2) is 6.47. The third kappa shape index (κ3) is 3.26. The molecule has 0 bridgehead atoms. The molecule has 0 atom stereocenters. The largest absolute Gasteiger partial charge is 0.392 e. The number of aryl methyl sites for hydroxylation is 1. The first-order valence-electron chi connectivity index (χ1n) is 6.28. The predicted molar refractivity (Wildman–Crippen MR) is 76.3 cm³/mol. The quantitative estimate of drug-likeness (QED) is 0.820. The third-order valence-electron chi connectivity index (χ3n) is 2.97. The number of hydrogen-bond acceptors (Lipinski definition) is 3. The van der Waals surface area contributed by atoms with Gasteiger partial charge in [0.2, 0.25) is 10.0 Å². The molecule has 0 aromatic heterocycles. The minimum atomic E-state index is -3.75. The van der Waals surface area contributed by atoms with Crippen molar-refractivity contribution in [1.82, 2.24) is 4.31 Å². The lowest BCUT2D eigenvalue weighted by atomic mass is 10.1. The number of aliphatic hydroxyl groups is 1. The van der Waals surface area contributed by atoms with E-state index in [1.165, 1.54) is 29.4 Å². The topological polar surface area (TPSA) is 57.6 Å². The van der Waals surface area contributed by atoms with Gasteiger partial charge in [0.05, 0.1) is 11.5 Å². The Hall–Kier alpha value is -1.24. The normalized spacial score (nSPS) is 12.2. The summed E-state index contributed by atoms with van der Waals surface area (Å²) in [6.45, 7) is 8.16. The first-order chi connectivity index (χ1) is 9.25. The van der Waals surface area contributed by atoms with Crippen LogP contribution in [0.4, 0.5) is 4.39 Å². The van der Waals surface area contributed by atoms with E-state index in [0.29, 0.717) is 0 Å². The SMILES string of the molecule is C=CCN(C(C)C)S(=O)(=O)c1cc(C)c(F)c(CO)c1. The summed E-state index contributed by atoms with van der Waals surface area (Å²) in [4.78, 5) is -0.0176. The Morgan fingerprint density at radius 1 is 1.45 bits per heavy atom. The van der Waals surface area contributed by atoms with Crippen molar-refractivity contribution in [2.24, 2.45) is 0 Å². The van der Waals surface area contributed by atoms with Crippen molar-refractivity contribution in [1.29, 1.82) is 0 Å². The van der Waals surface area contributed by atoms with Gasteiger partial charge in [0.1, 0.15) is 5.82 Å². The van der Waals surface area contributed by atoms with Gasteiger partial charge in [-0.2, -0.15) is 4.31 Å². The Labute approximate surface area is 119 Å². The third-order valence-corrected chi connectivity index (χ3v) is 4.98. The number of aliphatic hydroxyl groups excluding tert-OH is 1. The summed E-state index contributed by atoms with van der Waals surface area (Å²) in [6, 6.07) is 2.21. The number of benzene rings is 1. The Balaban J connectivity index is 3.41. The average molecular weight is 301 g/mol. The van der Waals surface area contributed by atoms with Crippen LogP contribution in [0.2, 0.25) is 0 Å². The van der Waals surface area contributed by atoms with Crippen LogP contribution in [0.15, 0.2) is 29.7 Å². The molecule has 1 aromatic carbocycles. The zero-order valence-electron chi connectivity index (χ0n) is 11.9. The summed E-state index contributed by atoms with van der Waals surface area (Å²) in [6.07, 6.45) is 1.50. The van der Waals surface area contributed by atoms with E-state index in [9.17, 15) is 12.8 Å². The van der Waals surface area contributed by atoms with E-state index in [4.69, 9.17) is 5.11 Å². The van der Waals surface area contributed by atoms with Gasteiger partial charge in [-0.25, -0.2) is 12.8 Å². The van der Waals surface area contributed by atoms with Crippen LogP contribution in [0.1, 0.15) is 25.0 Å². The van der Waals surface area contributed by atoms with Crippen molar-refractivity contribution in [3.8, 4) is 0 Å². The van der Waals surface area contributed by atoms with E-state index in [2.05, 4.69) is 6.58 Å². The van der Waals surface area contributed by atoms with E-state index in [1.54, 1.807) is 13.8 Å². The monoisotopic (exact) mass is 301 g/mol. The fourth-order valence-corrected chi connectivity index (χ4v) is 3.66. The van der Waals surface area contributed by atoms with Crippen LogP contribution in [-0.2, 0) is 16.6 Å². The Bertz CT molecular complexity index is 597. The van der Waals surface area contributed by atoms with Crippen molar-refractivity contribution in [2.45, 2.75) is 38.3 Å². The van der Waals surface area contributed by atoms with Crippen LogP contribution >= 0.6 is 0 Å². The van der Waals surface area contributed by atoms with Crippen molar-refractivity contribution in [3.63, 3.8) is 0 Å². The molecule has 0 aliphatic heterocycles. The molecule has 0 radical (unpaired) electrons. The first kappa shape index (κ1) is 16.8. The van der Waals surface area contributed by atoms with Gasteiger partial charge in [-0.15, -0.1) is 6.58 Å². The van der Waals surface area contributed by atoms with Gasteiger partial charge in [-0.05, 0) is 38.5 Å². The molecule has 0 amide bonds. The molecule has 0 spiro atoms. The van der Waals surface area contributed by atoms with Crippen LogP contribution in [0, 0.1) is 12.7 Å². The molecule has 1 aromatic rings. The van der Waals surface area contributed by atoms with E-state index >= 15 is 0 Å². The molecule has 6 heteroatoms. The highest BCUT2D eigenvalue weighted by atomic mass is 32.2. The highest BCUT2D eigenvalue weighted by molar-refractivity contribution is 7.89. The van der Waals surface area contributed by atoms with Crippen molar-refractivity contribution in [2.75, 3.05) is 6.54 Å². The minimum Gasteiger partial charge on any atom is -0.392 e. The average Bonchev–Trinajstić information content (AvgIpc) is 2.38. The molecule has 0 fully saturated rings. The molecular weight excluding hydrogens is 281 g/mol. The zero-order chi connectivity index (χ0) is 15.5. The van der Waals surface area contributed by atoms with Gasteiger partial charge >= 0.3 is 0 Å². The standard InChI is InChI=1S/C14H20FNO3S/c1-5-6-16(10(2)3)20(18,19)13-7-11(4)14(15)12(8-13)9-17/h5,7-8,10,17H,1,6,9H2,2-4H3. The summed E-state index contributed by atoms with van der Waals surface area (Å²) in [5, 5.41) is 9.12. The summed E-state index contributed by atoms with van der Waals surface area (Å²) >= 11 is 0. The molecule has 0 unspecified atom stereocenters. The molecule has 0 aliphatic rings. The Morgan fingerprint density at radius 3 is 2.50 bits per heavy atom. The maximum Gasteiger partial charge on any atom is 0.243 e. The molecular formula is C14H20FNO3S. The molecule has 20 heavy (non-hydrogen) atoms. The van der Waals surface area contributed by atoms with Gasteiger partial charge in [0.25, 0.3) is 0 Å². The molecule has 0 heterocycles. The van der Waals surface area contributed by atoms with E-state index < -0.39 is 22.4 Å². The predicted octanol–water partition coefficient (Wildman–Crippen LogP) is 2.21. The second-order valence-corrected chi connectivity index (χ2v) is 6.72. The van der Waals surface area contributed by atoms with Crippen LogP contribution in [0.25, 0.3) is 0 Å². The molecule has 1 N–H and O–H groups in total. The molecule has 0 saturated carbocycles. The zero-order valence-corrected chi connectivity index (χ0v) is 12.7. The Morgan fingerprint density at radius 2 is 2.05 bits per heavy atom. The fourth-order valence-electron chi connectivity index (χ4n) is 1.92. The maximum absolute atomic E-state index is 13.7. The lowest BCUT2D eigenvalue weighted by Crippen LogP contribution is -2.37. The fraction of sp³-hybridized carbons (Fsp3) is 0.429. The van der Waals surface area contributed by atoms with Crippen molar-refractivity contribution >= 4 is 10.0 Å². The van der Waals surface area contributed by atoms with Gasteiger partial charge in [0, 0.05) is 18.2 Å². The maximum atomic E-state index is 13.7. The van der Waals surface area contributed by atoms with Crippen LogP contribution in [-0.4, -0.2) is 30.4 Å². The van der Waals surface area contributed by atoms with Gasteiger partial charge in [0.15, 0.2) is 0 Å². The molecule has 112 valence electrons.